The molecule has 0 radical (unpaired) electrons. The van der Waals surface area contributed by atoms with Crippen molar-refractivity contribution in [1.82, 2.24) is 4.57 Å². The van der Waals surface area contributed by atoms with Gasteiger partial charge in [0.2, 0.25) is 0 Å². The van der Waals surface area contributed by atoms with Crippen molar-refractivity contribution in [3.63, 3.8) is 0 Å². The largest absolute Gasteiger partial charge is 0.310 e. The lowest BCUT2D eigenvalue weighted by Gasteiger charge is -2.26. The van der Waals surface area contributed by atoms with Gasteiger partial charge < -0.3 is 9.47 Å². The molecule has 276 valence electrons. The van der Waals surface area contributed by atoms with E-state index in [1.54, 1.807) is 0 Å². The fraction of sp³-hybridized carbons (Fsp3) is 0. The highest BCUT2D eigenvalue weighted by atomic mass is 32.1. The van der Waals surface area contributed by atoms with E-state index in [2.05, 4.69) is 228 Å². The molecular formula is C56H36N2S. The Morgan fingerprint density at radius 3 is 1.76 bits per heavy atom. The Labute approximate surface area is 346 Å². The predicted octanol–water partition coefficient (Wildman–Crippen LogP) is 16.3. The topological polar surface area (TPSA) is 8.17 Å². The molecule has 59 heavy (non-hydrogen) atoms. The molecule has 0 fully saturated rings. The molecule has 0 N–H and O–H groups in total. The number of thiophene rings is 1. The fourth-order valence-corrected chi connectivity index (χ4v) is 10.5. The van der Waals surface area contributed by atoms with Crippen LogP contribution in [0.25, 0.3) is 91.5 Å². The van der Waals surface area contributed by atoms with Crippen LogP contribution in [0.2, 0.25) is 0 Å². The van der Waals surface area contributed by atoms with Crippen LogP contribution in [0.5, 0.6) is 0 Å². The van der Waals surface area contributed by atoms with Crippen LogP contribution in [0.4, 0.5) is 17.1 Å². The Kier molecular flexibility index (Phi) is 7.75. The first-order valence-corrected chi connectivity index (χ1v) is 21.0. The quantitative estimate of drug-likeness (QED) is 0.153. The number of rotatable bonds is 6. The highest BCUT2D eigenvalue weighted by Gasteiger charge is 2.20. The van der Waals surface area contributed by atoms with Crippen molar-refractivity contribution in [2.24, 2.45) is 0 Å². The zero-order valence-electron chi connectivity index (χ0n) is 32.1. The monoisotopic (exact) mass is 768 g/mol. The number of fused-ring (bicyclic) bond motifs is 9. The molecule has 0 aliphatic heterocycles. The molecule has 0 atom stereocenters. The van der Waals surface area contributed by atoms with E-state index in [9.17, 15) is 0 Å². The molecule has 0 bridgehead atoms. The molecule has 12 aromatic rings. The third kappa shape index (κ3) is 5.47. The zero-order chi connectivity index (χ0) is 38.9. The summed E-state index contributed by atoms with van der Waals surface area (Å²) in [5.74, 6) is 0. The maximum atomic E-state index is 2.42. The summed E-state index contributed by atoms with van der Waals surface area (Å²) in [4.78, 5) is 2.42. The second kappa shape index (κ2) is 13.6. The van der Waals surface area contributed by atoms with E-state index < -0.39 is 0 Å². The van der Waals surface area contributed by atoms with Crippen LogP contribution in [0.3, 0.4) is 0 Å². The molecule has 0 unspecified atom stereocenters. The maximum absolute atomic E-state index is 2.42. The van der Waals surface area contributed by atoms with Gasteiger partial charge in [-0.2, -0.15) is 0 Å². The predicted molar refractivity (Wildman–Crippen MR) is 254 cm³/mol. The van der Waals surface area contributed by atoms with Crippen LogP contribution in [0, 0.1) is 0 Å². The standard InChI is InChI=1S/C56H36N2S/c1-3-13-37(14-4-1)47-34-33-46(55-50-20-10-12-22-54(50)59-56(47)55)39-25-28-42(29-26-39)57(43-30-27-40-24-23-38-15-7-8-18-45(38)51(40)35-43)44-31-32-49-48-19-9-11-21-52(48)58(53(49)36-44)41-16-5-2-6-17-41/h1-36H. The Balaban J connectivity index is 1.06. The normalized spacial score (nSPS) is 11.7. The summed E-state index contributed by atoms with van der Waals surface area (Å²) in [5.41, 5.74) is 11.8. The maximum Gasteiger partial charge on any atom is 0.0561 e. The summed E-state index contributed by atoms with van der Waals surface area (Å²) in [6, 6.07) is 79.9. The van der Waals surface area contributed by atoms with E-state index in [1.165, 1.54) is 85.8 Å². The molecule has 2 aromatic heterocycles. The molecule has 0 saturated heterocycles. The highest BCUT2D eigenvalue weighted by Crippen LogP contribution is 2.46. The van der Waals surface area contributed by atoms with Gasteiger partial charge in [-0.05, 0) is 104 Å². The Morgan fingerprint density at radius 1 is 0.356 bits per heavy atom. The van der Waals surface area contributed by atoms with E-state index in [0.29, 0.717) is 0 Å². The van der Waals surface area contributed by atoms with Crippen molar-refractivity contribution < 1.29 is 0 Å². The summed E-state index contributed by atoms with van der Waals surface area (Å²) < 4.78 is 5.03. The van der Waals surface area contributed by atoms with Crippen LogP contribution in [0.1, 0.15) is 0 Å². The smallest absolute Gasteiger partial charge is 0.0561 e. The SMILES string of the molecule is c1ccc(-c2ccc(-c3ccc(N(c4ccc5ccc6ccccc6c5c4)c4ccc5c6ccccc6n(-c6ccccc6)c5c4)cc3)c3c2sc2ccccc23)cc1. The number of hydrogen-bond acceptors (Lipinski definition) is 2. The Bertz CT molecular complexity index is 3540. The van der Waals surface area contributed by atoms with E-state index in [-0.39, 0.29) is 0 Å². The van der Waals surface area contributed by atoms with E-state index >= 15 is 0 Å². The van der Waals surface area contributed by atoms with Gasteiger partial charge in [-0.3, -0.25) is 0 Å². The summed E-state index contributed by atoms with van der Waals surface area (Å²) in [6.07, 6.45) is 0. The summed E-state index contributed by atoms with van der Waals surface area (Å²) in [5, 5.41) is 10.1. The van der Waals surface area contributed by atoms with Gasteiger partial charge in [0.1, 0.15) is 0 Å². The number of para-hydroxylation sites is 2. The van der Waals surface area contributed by atoms with Gasteiger partial charge >= 0.3 is 0 Å². The number of hydrogen-bond donors (Lipinski definition) is 0. The van der Waals surface area contributed by atoms with E-state index in [1.807, 2.05) is 11.3 Å². The molecule has 0 amide bonds. The van der Waals surface area contributed by atoms with Gasteiger partial charge in [0.25, 0.3) is 0 Å². The van der Waals surface area contributed by atoms with Crippen molar-refractivity contribution in [3.8, 4) is 27.9 Å². The minimum Gasteiger partial charge on any atom is -0.310 e. The molecule has 0 saturated carbocycles. The molecule has 12 rings (SSSR count). The van der Waals surface area contributed by atoms with Gasteiger partial charge in [0.05, 0.1) is 11.0 Å². The van der Waals surface area contributed by atoms with Crippen molar-refractivity contribution in [2.45, 2.75) is 0 Å². The second-order valence-electron chi connectivity index (χ2n) is 15.3. The number of benzene rings is 10. The van der Waals surface area contributed by atoms with Gasteiger partial charge in [0.15, 0.2) is 0 Å². The highest BCUT2D eigenvalue weighted by molar-refractivity contribution is 7.26. The van der Waals surface area contributed by atoms with Gasteiger partial charge in [-0.1, -0.05) is 158 Å². The molecule has 10 aromatic carbocycles. The van der Waals surface area contributed by atoms with Crippen LogP contribution in [0.15, 0.2) is 218 Å². The third-order valence-electron chi connectivity index (χ3n) is 12.0. The fourth-order valence-electron chi connectivity index (χ4n) is 9.23. The lowest BCUT2D eigenvalue weighted by Crippen LogP contribution is -2.10. The van der Waals surface area contributed by atoms with Gasteiger partial charge in [-0.15, -0.1) is 11.3 Å². The molecular weight excluding hydrogens is 733 g/mol. The van der Waals surface area contributed by atoms with E-state index in [0.717, 1.165) is 22.7 Å². The van der Waals surface area contributed by atoms with Crippen molar-refractivity contribution >= 4 is 91.9 Å². The Hall–Kier alpha value is -7.46. The van der Waals surface area contributed by atoms with Crippen LogP contribution >= 0.6 is 11.3 Å². The van der Waals surface area contributed by atoms with Crippen LogP contribution in [-0.2, 0) is 0 Å². The van der Waals surface area contributed by atoms with Crippen molar-refractivity contribution in [2.75, 3.05) is 4.90 Å². The zero-order valence-corrected chi connectivity index (χ0v) is 32.9. The first-order valence-electron chi connectivity index (χ1n) is 20.2. The summed E-state index contributed by atoms with van der Waals surface area (Å²) in [6.45, 7) is 0. The van der Waals surface area contributed by atoms with Crippen molar-refractivity contribution in [3.05, 3.63) is 218 Å². The number of anilines is 3. The molecule has 2 heterocycles. The number of aromatic nitrogens is 1. The van der Waals surface area contributed by atoms with Gasteiger partial charge in [0, 0.05) is 53.7 Å². The van der Waals surface area contributed by atoms with Gasteiger partial charge in [-0.25, -0.2) is 0 Å². The Morgan fingerprint density at radius 2 is 0.932 bits per heavy atom. The van der Waals surface area contributed by atoms with E-state index in [4.69, 9.17) is 0 Å². The van der Waals surface area contributed by atoms with Crippen molar-refractivity contribution in [1.29, 1.82) is 0 Å². The first-order chi connectivity index (χ1) is 29.3. The molecule has 0 spiro atoms. The third-order valence-corrected chi connectivity index (χ3v) is 13.2. The van der Waals surface area contributed by atoms with Crippen LogP contribution < -0.4 is 4.90 Å². The average molecular weight is 769 g/mol. The molecule has 0 aliphatic carbocycles. The molecule has 2 nitrogen and oxygen atoms in total. The first kappa shape index (κ1) is 33.7. The number of nitrogens with zero attached hydrogens (tertiary/aromatic N) is 2. The summed E-state index contributed by atoms with van der Waals surface area (Å²) in [7, 11) is 0. The lowest BCUT2D eigenvalue weighted by molar-refractivity contribution is 1.18. The molecule has 3 heteroatoms. The second-order valence-corrected chi connectivity index (χ2v) is 16.3. The molecule has 0 aliphatic rings. The minimum atomic E-state index is 1.10. The van der Waals surface area contributed by atoms with Crippen LogP contribution in [-0.4, -0.2) is 4.57 Å². The minimum absolute atomic E-state index is 1.10. The average Bonchev–Trinajstić information content (AvgIpc) is 3.86. The summed E-state index contributed by atoms with van der Waals surface area (Å²) >= 11 is 1.89. The lowest BCUT2D eigenvalue weighted by atomic mass is 9.94.